The fraction of sp³-hybridized carbons (Fsp3) is 0.200. The highest BCUT2D eigenvalue weighted by molar-refractivity contribution is 7.92. The molecular weight excluding hydrogens is 290 g/mol. The Bertz CT molecular complexity index is 691. The van der Waals surface area contributed by atoms with Crippen molar-refractivity contribution < 1.29 is 23.2 Å². The second-order valence-electron chi connectivity index (χ2n) is 3.67. The molecule has 20 heavy (non-hydrogen) atoms. The Morgan fingerprint density at radius 2 is 2.15 bits per heavy atom. The summed E-state index contributed by atoms with van der Waals surface area (Å²) in [5, 5.41) is 27.9. The average molecular weight is 299 g/mol. The Morgan fingerprint density at radius 3 is 2.65 bits per heavy atom. The summed E-state index contributed by atoms with van der Waals surface area (Å²) in [6, 6.07) is 4.91. The summed E-state index contributed by atoms with van der Waals surface area (Å²) < 4.78 is 25.1. The van der Waals surface area contributed by atoms with E-state index in [4.69, 9.17) is 10.4 Å². The van der Waals surface area contributed by atoms with Crippen LogP contribution in [0.1, 0.15) is 12.0 Å². The Morgan fingerprint density at radius 1 is 1.50 bits per heavy atom. The molecule has 10 heteroatoms. The molecule has 1 aromatic carbocycles. The summed E-state index contributed by atoms with van der Waals surface area (Å²) in [6.07, 6.45) is -0.626. The van der Waals surface area contributed by atoms with Gasteiger partial charge in [-0.3, -0.25) is 19.6 Å². The second kappa shape index (κ2) is 5.98. The van der Waals surface area contributed by atoms with Crippen LogP contribution in [0.2, 0.25) is 0 Å². The van der Waals surface area contributed by atoms with Gasteiger partial charge in [-0.15, -0.1) is 0 Å². The first kappa shape index (κ1) is 15.4. The third-order valence-electron chi connectivity index (χ3n) is 2.17. The van der Waals surface area contributed by atoms with E-state index in [-0.39, 0.29) is 11.3 Å². The lowest BCUT2D eigenvalue weighted by Gasteiger charge is -2.07. The minimum atomic E-state index is -4.02. The normalized spacial score (nSPS) is 10.6. The first-order valence-electron chi connectivity index (χ1n) is 5.16. The smallest absolute Gasteiger partial charge is 0.304 e. The molecular formula is C10H9N3O6S. The van der Waals surface area contributed by atoms with Gasteiger partial charge < -0.3 is 5.11 Å². The first-order valence-corrected chi connectivity index (χ1v) is 6.81. The van der Waals surface area contributed by atoms with Crippen molar-refractivity contribution in [3.8, 4) is 6.07 Å². The molecule has 106 valence electrons. The molecule has 0 fully saturated rings. The van der Waals surface area contributed by atoms with Gasteiger partial charge in [-0.2, -0.15) is 5.26 Å². The second-order valence-corrected chi connectivity index (χ2v) is 5.51. The average Bonchev–Trinajstić information content (AvgIpc) is 2.36. The van der Waals surface area contributed by atoms with Crippen LogP contribution in [0.4, 0.5) is 11.4 Å². The number of rotatable bonds is 6. The predicted molar refractivity (Wildman–Crippen MR) is 67.5 cm³/mol. The fourth-order valence-corrected chi connectivity index (χ4v) is 2.33. The number of anilines is 1. The zero-order valence-corrected chi connectivity index (χ0v) is 10.8. The Labute approximate surface area is 113 Å². The molecule has 0 unspecified atom stereocenters. The van der Waals surface area contributed by atoms with E-state index in [1.165, 1.54) is 6.07 Å². The van der Waals surface area contributed by atoms with E-state index in [0.29, 0.717) is 0 Å². The molecule has 0 spiro atoms. The molecule has 0 amide bonds. The maximum absolute atomic E-state index is 11.6. The highest BCUT2D eigenvalue weighted by Crippen LogP contribution is 2.26. The highest BCUT2D eigenvalue weighted by Gasteiger charge is 2.20. The molecule has 2 N–H and O–H groups in total. The van der Waals surface area contributed by atoms with Crippen LogP contribution >= 0.6 is 0 Å². The SMILES string of the molecule is N#Cc1ccc(NS(=O)(=O)CCC(=O)O)c([N+](=O)[O-])c1. The number of nitro benzene ring substituents is 1. The van der Waals surface area contributed by atoms with Gasteiger partial charge in [0.25, 0.3) is 5.69 Å². The van der Waals surface area contributed by atoms with Crippen LogP contribution in [0.3, 0.4) is 0 Å². The molecule has 0 saturated heterocycles. The zero-order valence-electron chi connectivity index (χ0n) is 9.94. The number of sulfonamides is 1. The van der Waals surface area contributed by atoms with Crippen LogP contribution in [-0.2, 0) is 14.8 Å². The van der Waals surface area contributed by atoms with Crippen LogP contribution in [0.25, 0.3) is 0 Å². The Balaban J connectivity index is 3.06. The van der Waals surface area contributed by atoms with E-state index in [2.05, 4.69) is 0 Å². The standard InChI is InChI=1S/C10H9N3O6S/c11-6-7-1-2-8(9(5-7)13(16)17)12-20(18,19)4-3-10(14)15/h1-2,5,12H,3-4H2,(H,14,15). The molecule has 0 saturated carbocycles. The molecule has 0 aliphatic carbocycles. The maximum Gasteiger partial charge on any atom is 0.304 e. The van der Waals surface area contributed by atoms with Crippen LogP contribution in [0.5, 0.6) is 0 Å². The topological polar surface area (TPSA) is 150 Å². The molecule has 0 radical (unpaired) electrons. The Hall–Kier alpha value is -2.67. The summed E-state index contributed by atoms with van der Waals surface area (Å²) in [5.74, 6) is -2.01. The number of hydrogen-bond donors (Lipinski definition) is 2. The van der Waals surface area contributed by atoms with Gasteiger partial charge in [0, 0.05) is 6.07 Å². The van der Waals surface area contributed by atoms with Gasteiger partial charge in [0.05, 0.1) is 28.7 Å². The lowest BCUT2D eigenvalue weighted by Crippen LogP contribution is -2.19. The van der Waals surface area contributed by atoms with Crippen molar-refractivity contribution >= 4 is 27.4 Å². The van der Waals surface area contributed by atoms with E-state index < -0.39 is 38.8 Å². The molecule has 0 heterocycles. The number of nitrogens with zero attached hydrogens (tertiary/aromatic N) is 2. The number of nitrogens with one attached hydrogen (secondary N) is 1. The number of carboxylic acids is 1. The largest absolute Gasteiger partial charge is 0.481 e. The molecule has 0 aromatic heterocycles. The van der Waals surface area contributed by atoms with E-state index in [1.54, 1.807) is 6.07 Å². The van der Waals surface area contributed by atoms with Crippen LogP contribution < -0.4 is 4.72 Å². The minimum absolute atomic E-state index is 0.00480. The van der Waals surface area contributed by atoms with E-state index >= 15 is 0 Å². The molecule has 0 atom stereocenters. The molecule has 0 aliphatic rings. The Kier molecular flexibility index (Phi) is 4.60. The number of nitriles is 1. The number of nitro groups is 1. The van der Waals surface area contributed by atoms with Crippen molar-refractivity contribution in [1.82, 2.24) is 0 Å². The predicted octanol–water partition coefficient (Wildman–Crippen LogP) is 0.683. The lowest BCUT2D eigenvalue weighted by molar-refractivity contribution is -0.383. The molecule has 1 rings (SSSR count). The third-order valence-corrected chi connectivity index (χ3v) is 3.45. The maximum atomic E-state index is 11.6. The molecule has 0 bridgehead atoms. The van der Waals surface area contributed by atoms with Gasteiger partial charge in [-0.05, 0) is 12.1 Å². The van der Waals surface area contributed by atoms with E-state index in [1.807, 2.05) is 4.72 Å². The fourth-order valence-electron chi connectivity index (χ4n) is 1.28. The van der Waals surface area contributed by atoms with Crippen LogP contribution in [0.15, 0.2) is 18.2 Å². The van der Waals surface area contributed by atoms with Gasteiger partial charge in [-0.25, -0.2) is 8.42 Å². The van der Waals surface area contributed by atoms with Crippen molar-refractivity contribution in [1.29, 1.82) is 5.26 Å². The van der Waals surface area contributed by atoms with Gasteiger partial charge in [0.15, 0.2) is 0 Å². The van der Waals surface area contributed by atoms with Crippen molar-refractivity contribution in [2.24, 2.45) is 0 Å². The van der Waals surface area contributed by atoms with Crippen molar-refractivity contribution in [2.75, 3.05) is 10.5 Å². The van der Waals surface area contributed by atoms with Crippen LogP contribution in [-0.4, -0.2) is 30.2 Å². The van der Waals surface area contributed by atoms with E-state index in [9.17, 15) is 23.3 Å². The molecule has 9 nitrogen and oxygen atoms in total. The summed E-state index contributed by atoms with van der Waals surface area (Å²) in [4.78, 5) is 20.3. The summed E-state index contributed by atoms with van der Waals surface area (Å²) in [7, 11) is -4.02. The van der Waals surface area contributed by atoms with Gasteiger partial charge in [-0.1, -0.05) is 0 Å². The van der Waals surface area contributed by atoms with Crippen LogP contribution in [0, 0.1) is 21.4 Å². The number of hydrogen-bond acceptors (Lipinski definition) is 6. The first-order chi connectivity index (χ1) is 9.25. The minimum Gasteiger partial charge on any atom is -0.481 e. The highest BCUT2D eigenvalue weighted by atomic mass is 32.2. The number of aliphatic carboxylic acids is 1. The van der Waals surface area contributed by atoms with Crippen molar-refractivity contribution in [2.45, 2.75) is 6.42 Å². The number of carbonyl (C=O) groups is 1. The van der Waals surface area contributed by atoms with Crippen molar-refractivity contribution in [3.63, 3.8) is 0 Å². The zero-order chi connectivity index (χ0) is 15.3. The third kappa shape index (κ3) is 4.21. The summed E-state index contributed by atoms with van der Waals surface area (Å²) in [6.45, 7) is 0. The van der Waals surface area contributed by atoms with Crippen molar-refractivity contribution in [3.05, 3.63) is 33.9 Å². The lowest BCUT2D eigenvalue weighted by atomic mass is 10.2. The summed E-state index contributed by atoms with van der Waals surface area (Å²) in [5.41, 5.74) is -0.896. The quantitative estimate of drug-likeness (QED) is 0.579. The van der Waals surface area contributed by atoms with Gasteiger partial charge in [0.1, 0.15) is 5.69 Å². The number of benzene rings is 1. The van der Waals surface area contributed by atoms with Gasteiger partial charge in [0.2, 0.25) is 10.0 Å². The van der Waals surface area contributed by atoms with E-state index in [0.717, 1.165) is 12.1 Å². The van der Waals surface area contributed by atoms with Gasteiger partial charge >= 0.3 is 5.97 Å². The molecule has 1 aromatic rings. The molecule has 0 aliphatic heterocycles. The number of carboxylic acid groups (broad SMARTS) is 1. The monoisotopic (exact) mass is 299 g/mol. The summed E-state index contributed by atoms with van der Waals surface area (Å²) >= 11 is 0.